The minimum absolute atomic E-state index is 0.175. The van der Waals surface area contributed by atoms with Gasteiger partial charge < -0.3 is 9.84 Å². The summed E-state index contributed by atoms with van der Waals surface area (Å²) in [4.78, 5) is 11.0. The highest BCUT2D eigenvalue weighted by Crippen LogP contribution is 2.28. The fraction of sp³-hybridized carbons (Fsp3) is 0.100. The van der Waals surface area contributed by atoms with Gasteiger partial charge in [0.1, 0.15) is 0 Å². The summed E-state index contributed by atoms with van der Waals surface area (Å²) >= 11 is 0. The van der Waals surface area contributed by atoms with Crippen molar-refractivity contribution in [1.29, 1.82) is 0 Å². The molecular weight excluding hydrogens is 187 g/mol. The molecule has 0 unspecified atom stereocenters. The normalized spacial score (nSPS) is 9.57. The van der Waals surface area contributed by atoms with Crippen LogP contribution in [0, 0.1) is 5.82 Å². The number of ether oxygens (including phenoxy) is 1. The van der Waals surface area contributed by atoms with Crippen molar-refractivity contribution in [3.8, 4) is 11.5 Å². The van der Waals surface area contributed by atoms with Crippen LogP contribution >= 0.6 is 0 Å². The smallest absolute Gasteiger partial charge is 0.338 e. The third kappa shape index (κ3) is 2.10. The first kappa shape index (κ1) is 10.2. The monoisotopic (exact) mass is 196 g/mol. The van der Waals surface area contributed by atoms with Crippen molar-refractivity contribution < 1.29 is 19.0 Å². The van der Waals surface area contributed by atoms with E-state index in [1.54, 1.807) is 0 Å². The number of phenols is 1. The van der Waals surface area contributed by atoms with Crippen molar-refractivity contribution in [2.45, 2.75) is 6.92 Å². The molecule has 0 bridgehead atoms. The topological polar surface area (TPSA) is 46.5 Å². The van der Waals surface area contributed by atoms with Gasteiger partial charge in [0.15, 0.2) is 17.3 Å². The predicted molar refractivity (Wildman–Crippen MR) is 48.5 cm³/mol. The second-order valence-electron chi connectivity index (χ2n) is 2.76. The first-order chi connectivity index (χ1) is 6.52. The average molecular weight is 196 g/mol. The standard InChI is InChI=1S/C10H9FO3/c1-6(2)10(13)14-8-5-3-4-7(11)9(8)12/h3-5,12H,1H2,2H3. The highest BCUT2D eigenvalue weighted by atomic mass is 19.1. The van der Waals surface area contributed by atoms with Gasteiger partial charge in [-0.05, 0) is 19.1 Å². The van der Waals surface area contributed by atoms with Crippen LogP contribution < -0.4 is 4.74 Å². The van der Waals surface area contributed by atoms with Crippen LogP contribution in [0.25, 0.3) is 0 Å². The zero-order valence-electron chi connectivity index (χ0n) is 7.58. The second-order valence-corrected chi connectivity index (χ2v) is 2.76. The van der Waals surface area contributed by atoms with Crippen LogP contribution in [-0.2, 0) is 4.79 Å². The Bertz CT molecular complexity index is 385. The van der Waals surface area contributed by atoms with E-state index in [2.05, 4.69) is 11.3 Å². The second kappa shape index (κ2) is 3.91. The molecule has 1 N–H and O–H groups in total. The zero-order chi connectivity index (χ0) is 10.7. The van der Waals surface area contributed by atoms with Crippen LogP contribution in [0.15, 0.2) is 30.4 Å². The Kier molecular flexibility index (Phi) is 2.86. The molecule has 14 heavy (non-hydrogen) atoms. The first-order valence-corrected chi connectivity index (χ1v) is 3.87. The van der Waals surface area contributed by atoms with Gasteiger partial charge in [-0.15, -0.1) is 0 Å². The molecule has 1 rings (SSSR count). The molecular formula is C10H9FO3. The van der Waals surface area contributed by atoms with E-state index in [0.29, 0.717) is 0 Å². The van der Waals surface area contributed by atoms with Gasteiger partial charge in [-0.25, -0.2) is 9.18 Å². The van der Waals surface area contributed by atoms with Gasteiger partial charge >= 0.3 is 5.97 Å². The highest BCUT2D eigenvalue weighted by Gasteiger charge is 2.11. The van der Waals surface area contributed by atoms with Crippen LogP contribution in [-0.4, -0.2) is 11.1 Å². The summed E-state index contributed by atoms with van der Waals surface area (Å²) in [5.74, 6) is -2.43. The summed E-state index contributed by atoms with van der Waals surface area (Å²) in [5.41, 5.74) is 0.175. The van der Waals surface area contributed by atoms with Gasteiger partial charge in [-0.2, -0.15) is 0 Å². The van der Waals surface area contributed by atoms with Crippen LogP contribution in [0.4, 0.5) is 4.39 Å². The molecule has 0 spiro atoms. The van der Waals surface area contributed by atoms with E-state index < -0.39 is 17.5 Å². The number of esters is 1. The molecule has 0 fully saturated rings. The lowest BCUT2D eigenvalue weighted by atomic mass is 10.3. The van der Waals surface area contributed by atoms with E-state index in [1.807, 2.05) is 0 Å². The van der Waals surface area contributed by atoms with Gasteiger partial charge in [-0.3, -0.25) is 0 Å². The fourth-order valence-corrected chi connectivity index (χ4v) is 0.765. The number of phenolic OH excluding ortho intramolecular Hbond substituents is 1. The zero-order valence-corrected chi connectivity index (χ0v) is 7.58. The summed E-state index contributed by atoms with van der Waals surface area (Å²) in [7, 11) is 0. The van der Waals surface area contributed by atoms with E-state index in [0.717, 1.165) is 6.07 Å². The SMILES string of the molecule is C=C(C)C(=O)Oc1cccc(F)c1O. The number of aromatic hydroxyl groups is 1. The summed E-state index contributed by atoms with van der Waals surface area (Å²) in [6.07, 6.45) is 0. The maximum atomic E-state index is 12.8. The lowest BCUT2D eigenvalue weighted by Crippen LogP contribution is -2.08. The molecule has 0 aliphatic heterocycles. The number of hydrogen-bond donors (Lipinski definition) is 1. The quantitative estimate of drug-likeness (QED) is 0.447. The number of rotatable bonds is 2. The molecule has 0 saturated carbocycles. The van der Waals surface area contributed by atoms with Crippen molar-refractivity contribution in [3.63, 3.8) is 0 Å². The molecule has 0 atom stereocenters. The number of benzene rings is 1. The van der Waals surface area contributed by atoms with Gasteiger partial charge in [0.05, 0.1) is 0 Å². The average Bonchev–Trinajstić information content (AvgIpc) is 2.12. The molecule has 1 aromatic rings. The fourth-order valence-electron chi connectivity index (χ4n) is 0.765. The Morgan fingerprint density at radius 3 is 2.79 bits per heavy atom. The maximum absolute atomic E-state index is 12.8. The Morgan fingerprint density at radius 2 is 2.21 bits per heavy atom. The van der Waals surface area contributed by atoms with Crippen molar-refractivity contribution in [2.24, 2.45) is 0 Å². The largest absolute Gasteiger partial charge is 0.502 e. The van der Waals surface area contributed by atoms with Crippen molar-refractivity contribution >= 4 is 5.97 Å². The van der Waals surface area contributed by atoms with Crippen molar-refractivity contribution in [1.82, 2.24) is 0 Å². The van der Waals surface area contributed by atoms with Crippen LogP contribution in [0.3, 0.4) is 0 Å². The Balaban J connectivity index is 2.93. The summed E-state index contributed by atoms with van der Waals surface area (Å²) in [6, 6.07) is 3.68. The Morgan fingerprint density at radius 1 is 1.57 bits per heavy atom. The minimum atomic E-state index is -0.836. The predicted octanol–water partition coefficient (Wildman–Crippen LogP) is 2.01. The molecule has 0 aromatic heterocycles. The lowest BCUT2D eigenvalue weighted by molar-refractivity contribution is -0.130. The van der Waals surface area contributed by atoms with Gasteiger partial charge in [0, 0.05) is 5.57 Å². The van der Waals surface area contributed by atoms with Gasteiger partial charge in [0.25, 0.3) is 0 Å². The number of hydrogen-bond acceptors (Lipinski definition) is 3. The number of para-hydroxylation sites is 1. The van der Waals surface area contributed by atoms with Crippen molar-refractivity contribution in [3.05, 3.63) is 36.2 Å². The van der Waals surface area contributed by atoms with E-state index in [4.69, 9.17) is 5.11 Å². The summed E-state index contributed by atoms with van der Waals surface area (Å²) in [5, 5.41) is 9.15. The van der Waals surface area contributed by atoms with Gasteiger partial charge in [-0.1, -0.05) is 12.6 Å². The van der Waals surface area contributed by atoms with Crippen molar-refractivity contribution in [2.75, 3.05) is 0 Å². The molecule has 0 amide bonds. The summed E-state index contributed by atoms with van der Waals surface area (Å²) in [6.45, 7) is 4.81. The van der Waals surface area contributed by atoms with E-state index in [-0.39, 0.29) is 11.3 Å². The lowest BCUT2D eigenvalue weighted by Gasteiger charge is -2.05. The third-order valence-corrected chi connectivity index (χ3v) is 1.50. The van der Waals surface area contributed by atoms with Crippen LogP contribution in [0.1, 0.15) is 6.92 Å². The van der Waals surface area contributed by atoms with E-state index in [1.165, 1.54) is 19.1 Å². The van der Waals surface area contributed by atoms with Gasteiger partial charge in [0.2, 0.25) is 0 Å². The number of carbonyl (C=O) groups excluding carboxylic acids is 1. The van der Waals surface area contributed by atoms with E-state index >= 15 is 0 Å². The summed E-state index contributed by atoms with van der Waals surface area (Å²) < 4.78 is 17.4. The van der Waals surface area contributed by atoms with Crippen LogP contribution in [0.2, 0.25) is 0 Å². The van der Waals surface area contributed by atoms with E-state index in [9.17, 15) is 9.18 Å². The maximum Gasteiger partial charge on any atom is 0.338 e. The molecule has 0 aliphatic carbocycles. The van der Waals surface area contributed by atoms with Crippen LogP contribution in [0.5, 0.6) is 11.5 Å². The Hall–Kier alpha value is -1.84. The first-order valence-electron chi connectivity index (χ1n) is 3.87. The molecule has 0 saturated heterocycles. The molecule has 0 aliphatic rings. The molecule has 74 valence electrons. The number of halogens is 1. The minimum Gasteiger partial charge on any atom is -0.502 e. The number of carbonyl (C=O) groups is 1. The molecule has 4 heteroatoms. The molecule has 1 aromatic carbocycles. The molecule has 3 nitrogen and oxygen atoms in total. The highest BCUT2D eigenvalue weighted by molar-refractivity contribution is 5.89. The molecule has 0 radical (unpaired) electrons. The third-order valence-electron chi connectivity index (χ3n) is 1.50. The Labute approximate surface area is 80.4 Å². The molecule has 0 heterocycles.